The lowest BCUT2D eigenvalue weighted by molar-refractivity contribution is 0.765. The molecule has 0 radical (unpaired) electrons. The van der Waals surface area contributed by atoms with E-state index in [-0.39, 0.29) is 0 Å². The first-order valence-electron chi connectivity index (χ1n) is 6.98. The van der Waals surface area contributed by atoms with Crippen LogP contribution in [0.5, 0.6) is 0 Å². The van der Waals surface area contributed by atoms with E-state index in [0.717, 1.165) is 0 Å². The van der Waals surface area contributed by atoms with Gasteiger partial charge in [0.2, 0.25) is 0 Å². The van der Waals surface area contributed by atoms with Crippen LogP contribution in [0.3, 0.4) is 0 Å². The molecule has 98 valence electrons. The summed E-state index contributed by atoms with van der Waals surface area (Å²) >= 11 is 7.11. The molecule has 0 amide bonds. The van der Waals surface area contributed by atoms with Gasteiger partial charge in [0.1, 0.15) is 0 Å². The van der Waals surface area contributed by atoms with E-state index in [1.54, 1.807) is 0 Å². The standard InChI is InChI=1S/C17H19ClSi/c1-19(18)16(14-8-4-2-5-9-14)12-13-17(19)15-10-6-3-7-11-15/h2-11,16-17H,12-13H2,1H3/t16-,17-/m1/s1. The van der Waals surface area contributed by atoms with Crippen molar-refractivity contribution in [1.29, 1.82) is 0 Å². The van der Waals surface area contributed by atoms with Gasteiger partial charge in [-0.1, -0.05) is 67.2 Å². The summed E-state index contributed by atoms with van der Waals surface area (Å²) in [5.74, 6) is 0. The van der Waals surface area contributed by atoms with Gasteiger partial charge in [-0.2, -0.15) is 11.1 Å². The van der Waals surface area contributed by atoms with Gasteiger partial charge in [0.15, 0.2) is 7.38 Å². The number of halogens is 1. The molecule has 0 bridgehead atoms. The van der Waals surface area contributed by atoms with Gasteiger partial charge in [0.05, 0.1) is 0 Å². The Morgan fingerprint density at radius 2 is 1.16 bits per heavy atom. The molecule has 2 aromatic rings. The van der Waals surface area contributed by atoms with Crippen molar-refractivity contribution in [3.63, 3.8) is 0 Å². The van der Waals surface area contributed by atoms with Crippen LogP contribution in [0.4, 0.5) is 0 Å². The highest BCUT2D eigenvalue weighted by Crippen LogP contribution is 2.51. The van der Waals surface area contributed by atoms with Gasteiger partial charge in [-0.05, 0) is 35.1 Å². The fourth-order valence-corrected chi connectivity index (χ4v) is 8.54. The van der Waals surface area contributed by atoms with Gasteiger partial charge in [0.25, 0.3) is 0 Å². The summed E-state index contributed by atoms with van der Waals surface area (Å²) in [6.07, 6.45) is 2.46. The zero-order valence-electron chi connectivity index (χ0n) is 11.2. The molecule has 1 fully saturated rings. The topological polar surface area (TPSA) is 0 Å². The molecule has 0 unspecified atom stereocenters. The van der Waals surface area contributed by atoms with Crippen LogP contribution >= 0.6 is 11.1 Å². The highest BCUT2D eigenvalue weighted by atomic mass is 35.6. The van der Waals surface area contributed by atoms with Crippen LogP contribution < -0.4 is 0 Å². The zero-order valence-corrected chi connectivity index (χ0v) is 13.0. The lowest BCUT2D eigenvalue weighted by atomic mass is 10.0. The van der Waals surface area contributed by atoms with Crippen molar-refractivity contribution in [2.45, 2.75) is 30.5 Å². The largest absolute Gasteiger partial charge is 0.168 e. The SMILES string of the molecule is C[Si]1(Cl)[C@@H](c2ccccc2)CC[C@@H]1c1ccccc1. The van der Waals surface area contributed by atoms with Crippen molar-refractivity contribution in [2.75, 3.05) is 0 Å². The van der Waals surface area contributed by atoms with E-state index in [2.05, 4.69) is 67.2 Å². The van der Waals surface area contributed by atoms with Crippen molar-refractivity contribution in [2.24, 2.45) is 0 Å². The van der Waals surface area contributed by atoms with Gasteiger partial charge in [-0.3, -0.25) is 0 Å². The lowest BCUT2D eigenvalue weighted by Gasteiger charge is -2.28. The minimum absolute atomic E-state index is 0.584. The predicted molar refractivity (Wildman–Crippen MR) is 85.1 cm³/mol. The second-order valence-electron chi connectivity index (χ2n) is 5.66. The molecule has 19 heavy (non-hydrogen) atoms. The number of hydrogen-bond donors (Lipinski definition) is 0. The van der Waals surface area contributed by atoms with Gasteiger partial charge in [0, 0.05) is 0 Å². The molecule has 0 saturated carbocycles. The summed E-state index contributed by atoms with van der Waals surface area (Å²) in [5, 5.41) is 0. The van der Waals surface area contributed by atoms with Crippen molar-refractivity contribution in [3.05, 3.63) is 71.8 Å². The van der Waals surface area contributed by atoms with E-state index >= 15 is 0 Å². The molecule has 0 spiro atoms. The summed E-state index contributed by atoms with van der Waals surface area (Å²) in [6, 6.07) is 21.7. The van der Waals surface area contributed by atoms with Crippen LogP contribution in [0, 0.1) is 0 Å². The van der Waals surface area contributed by atoms with Gasteiger partial charge >= 0.3 is 0 Å². The fraction of sp³-hybridized carbons (Fsp3) is 0.294. The number of rotatable bonds is 2. The van der Waals surface area contributed by atoms with Crippen LogP contribution in [0.2, 0.25) is 6.55 Å². The Kier molecular flexibility index (Phi) is 3.51. The molecular formula is C17H19ClSi. The van der Waals surface area contributed by atoms with Gasteiger partial charge < -0.3 is 0 Å². The second kappa shape index (κ2) is 5.14. The maximum atomic E-state index is 7.11. The Balaban J connectivity index is 1.92. The lowest BCUT2D eigenvalue weighted by Crippen LogP contribution is -2.33. The van der Waals surface area contributed by atoms with Crippen LogP contribution in [0.1, 0.15) is 35.1 Å². The van der Waals surface area contributed by atoms with Gasteiger partial charge in [-0.25, -0.2) is 0 Å². The van der Waals surface area contributed by atoms with Gasteiger partial charge in [-0.15, -0.1) is 0 Å². The van der Waals surface area contributed by atoms with Crippen molar-refractivity contribution in [3.8, 4) is 0 Å². The van der Waals surface area contributed by atoms with E-state index in [4.69, 9.17) is 11.1 Å². The Labute approximate surface area is 121 Å². The molecule has 1 aliphatic rings. The Bertz CT molecular complexity index is 486. The third kappa shape index (κ3) is 2.37. The van der Waals surface area contributed by atoms with Crippen LogP contribution in [-0.2, 0) is 0 Å². The maximum absolute atomic E-state index is 7.11. The summed E-state index contributed by atoms with van der Waals surface area (Å²) in [6.45, 7) is 2.34. The predicted octanol–water partition coefficient (Wildman–Crippen LogP) is 5.24. The van der Waals surface area contributed by atoms with Crippen molar-refractivity contribution >= 4 is 18.5 Å². The molecule has 0 aromatic heterocycles. The minimum Gasteiger partial charge on any atom is -0.166 e. The molecule has 0 aliphatic carbocycles. The molecule has 3 rings (SSSR count). The van der Waals surface area contributed by atoms with E-state index in [1.165, 1.54) is 24.0 Å². The Hall–Kier alpha value is -1.05. The molecule has 1 aliphatic heterocycles. The van der Waals surface area contributed by atoms with E-state index in [0.29, 0.717) is 11.1 Å². The van der Waals surface area contributed by atoms with Crippen molar-refractivity contribution < 1.29 is 0 Å². The minimum atomic E-state index is -1.81. The molecule has 1 heterocycles. The number of hydrogen-bond acceptors (Lipinski definition) is 0. The molecule has 0 nitrogen and oxygen atoms in total. The molecule has 2 aromatic carbocycles. The van der Waals surface area contributed by atoms with E-state index < -0.39 is 7.38 Å². The smallest absolute Gasteiger partial charge is 0.166 e. The average molecular weight is 287 g/mol. The quantitative estimate of drug-likeness (QED) is 0.523. The molecule has 1 saturated heterocycles. The molecule has 2 atom stereocenters. The highest BCUT2D eigenvalue weighted by Gasteiger charge is 2.48. The first-order valence-corrected chi connectivity index (χ1v) is 10.6. The highest BCUT2D eigenvalue weighted by molar-refractivity contribution is 7.21. The van der Waals surface area contributed by atoms with E-state index in [1.807, 2.05) is 0 Å². The van der Waals surface area contributed by atoms with Crippen LogP contribution in [0.25, 0.3) is 0 Å². The Morgan fingerprint density at radius 3 is 1.53 bits per heavy atom. The zero-order chi connectivity index (χ0) is 13.3. The first kappa shape index (κ1) is 13.0. The van der Waals surface area contributed by atoms with Crippen LogP contribution in [0.15, 0.2) is 60.7 Å². The molecule has 0 N–H and O–H groups in total. The van der Waals surface area contributed by atoms with Crippen LogP contribution in [-0.4, -0.2) is 7.38 Å². The second-order valence-corrected chi connectivity index (χ2v) is 11.8. The summed E-state index contributed by atoms with van der Waals surface area (Å²) in [4.78, 5) is 0. The monoisotopic (exact) mass is 286 g/mol. The summed E-state index contributed by atoms with van der Waals surface area (Å²) in [5.41, 5.74) is 4.04. The first-order chi connectivity index (χ1) is 9.19. The third-order valence-electron chi connectivity index (χ3n) is 4.51. The van der Waals surface area contributed by atoms with E-state index in [9.17, 15) is 0 Å². The Morgan fingerprint density at radius 1 is 0.789 bits per heavy atom. The fourth-order valence-electron chi connectivity index (χ4n) is 3.50. The van der Waals surface area contributed by atoms with Crippen molar-refractivity contribution in [1.82, 2.24) is 0 Å². The maximum Gasteiger partial charge on any atom is 0.168 e. The number of benzene rings is 2. The summed E-state index contributed by atoms with van der Waals surface area (Å²) in [7, 11) is -1.81. The average Bonchev–Trinajstić information content (AvgIpc) is 2.76. The normalized spacial score (nSPS) is 25.4. The molecular weight excluding hydrogens is 268 g/mol. The summed E-state index contributed by atoms with van der Waals surface area (Å²) < 4.78 is 0. The third-order valence-corrected chi connectivity index (χ3v) is 10.1. The molecule has 2 heteroatoms.